The highest BCUT2D eigenvalue weighted by Gasteiger charge is 2.38. The van der Waals surface area contributed by atoms with Gasteiger partial charge < -0.3 is 10.6 Å². The van der Waals surface area contributed by atoms with E-state index < -0.39 is 5.54 Å². The van der Waals surface area contributed by atoms with Gasteiger partial charge in [0.25, 0.3) is 0 Å². The molecule has 106 valence electrons. The lowest BCUT2D eigenvalue weighted by molar-refractivity contribution is 0.620. The highest BCUT2D eigenvalue weighted by atomic mass is 35.5. The Morgan fingerprint density at radius 3 is 2.33 bits per heavy atom. The number of anilines is 2. The van der Waals surface area contributed by atoms with Crippen molar-refractivity contribution in [2.24, 2.45) is 0 Å². The van der Waals surface area contributed by atoms with Crippen LogP contribution in [0.15, 0.2) is 24.3 Å². The Labute approximate surface area is 127 Å². The third-order valence-corrected chi connectivity index (χ3v) is 3.67. The first kappa shape index (κ1) is 13.6. The molecule has 0 amide bonds. The zero-order valence-corrected chi connectivity index (χ0v) is 12.1. The van der Waals surface area contributed by atoms with Crippen LogP contribution < -0.4 is 10.6 Å². The SMILES string of the molecule is CNc1nc(Cl)nc(NC2(C#N)Cc3ccccc3C2)n1. The molecule has 0 saturated heterocycles. The highest BCUT2D eigenvalue weighted by Crippen LogP contribution is 2.32. The predicted octanol–water partition coefficient (Wildman–Crippen LogP) is 2.04. The minimum absolute atomic E-state index is 0.0838. The van der Waals surface area contributed by atoms with E-state index in [0.29, 0.717) is 24.7 Å². The van der Waals surface area contributed by atoms with Gasteiger partial charge in [0.05, 0.1) is 6.07 Å². The molecule has 0 aliphatic heterocycles. The van der Waals surface area contributed by atoms with Crippen molar-refractivity contribution >= 4 is 23.5 Å². The summed E-state index contributed by atoms with van der Waals surface area (Å²) < 4.78 is 0. The Hall–Kier alpha value is -2.39. The van der Waals surface area contributed by atoms with E-state index in [1.165, 1.54) is 11.1 Å². The maximum atomic E-state index is 9.61. The van der Waals surface area contributed by atoms with E-state index in [-0.39, 0.29) is 5.28 Å². The predicted molar refractivity (Wildman–Crippen MR) is 80.2 cm³/mol. The molecule has 3 rings (SSSR count). The number of nitrogens with zero attached hydrogens (tertiary/aromatic N) is 4. The molecule has 1 heterocycles. The minimum Gasteiger partial charge on any atom is -0.357 e. The van der Waals surface area contributed by atoms with Crippen molar-refractivity contribution in [3.8, 4) is 6.07 Å². The van der Waals surface area contributed by atoms with Crippen LogP contribution in [-0.2, 0) is 12.8 Å². The van der Waals surface area contributed by atoms with E-state index in [9.17, 15) is 5.26 Å². The summed E-state index contributed by atoms with van der Waals surface area (Å²) >= 11 is 5.87. The maximum absolute atomic E-state index is 9.61. The van der Waals surface area contributed by atoms with Crippen LogP contribution >= 0.6 is 11.6 Å². The molecule has 0 spiro atoms. The summed E-state index contributed by atoms with van der Waals surface area (Å²) in [6.45, 7) is 0. The van der Waals surface area contributed by atoms with E-state index in [1.807, 2.05) is 24.3 Å². The second kappa shape index (κ2) is 5.19. The number of nitriles is 1. The zero-order valence-electron chi connectivity index (χ0n) is 11.4. The van der Waals surface area contributed by atoms with Crippen LogP contribution in [0.5, 0.6) is 0 Å². The van der Waals surface area contributed by atoms with Gasteiger partial charge in [-0.1, -0.05) is 24.3 Å². The van der Waals surface area contributed by atoms with Crippen LogP contribution in [-0.4, -0.2) is 27.5 Å². The fourth-order valence-corrected chi connectivity index (χ4v) is 2.70. The highest BCUT2D eigenvalue weighted by molar-refractivity contribution is 6.28. The largest absolute Gasteiger partial charge is 0.357 e. The standard InChI is InChI=1S/C14H13ClN6/c1-17-12-18-11(15)19-13(20-12)21-14(8-16)6-9-4-2-3-5-10(9)7-14/h2-5H,6-7H2,1H3,(H2,17,18,19,20,21). The van der Waals surface area contributed by atoms with Crippen LogP contribution in [0.1, 0.15) is 11.1 Å². The van der Waals surface area contributed by atoms with Gasteiger partial charge in [-0.15, -0.1) is 0 Å². The molecule has 1 aliphatic carbocycles. The Kier molecular flexibility index (Phi) is 3.35. The molecule has 7 heteroatoms. The van der Waals surface area contributed by atoms with Gasteiger partial charge in [-0.25, -0.2) is 0 Å². The normalized spacial score (nSPS) is 15.1. The van der Waals surface area contributed by atoms with Crippen LogP contribution in [0.2, 0.25) is 5.28 Å². The first-order valence-corrected chi connectivity index (χ1v) is 6.87. The van der Waals surface area contributed by atoms with Gasteiger partial charge in [-0.05, 0) is 22.7 Å². The van der Waals surface area contributed by atoms with Gasteiger partial charge in [0, 0.05) is 19.9 Å². The average molecular weight is 301 g/mol. The van der Waals surface area contributed by atoms with Crippen molar-refractivity contribution < 1.29 is 0 Å². The second-order valence-electron chi connectivity index (χ2n) is 4.94. The number of hydrogen-bond donors (Lipinski definition) is 2. The van der Waals surface area contributed by atoms with Crippen LogP contribution in [0.25, 0.3) is 0 Å². The Balaban J connectivity index is 1.90. The first-order chi connectivity index (χ1) is 10.1. The molecule has 0 radical (unpaired) electrons. The van der Waals surface area contributed by atoms with Gasteiger partial charge in [-0.3, -0.25) is 0 Å². The molecule has 0 fully saturated rings. The van der Waals surface area contributed by atoms with Gasteiger partial charge in [0.1, 0.15) is 5.54 Å². The lowest BCUT2D eigenvalue weighted by Crippen LogP contribution is -2.38. The topological polar surface area (TPSA) is 86.5 Å². The second-order valence-corrected chi connectivity index (χ2v) is 5.28. The van der Waals surface area contributed by atoms with Crippen molar-refractivity contribution in [3.63, 3.8) is 0 Å². The Morgan fingerprint density at radius 1 is 1.14 bits per heavy atom. The van der Waals surface area contributed by atoms with Crippen molar-refractivity contribution in [2.45, 2.75) is 18.4 Å². The summed E-state index contributed by atoms with van der Waals surface area (Å²) in [5.74, 6) is 0.662. The molecule has 0 atom stereocenters. The molecule has 21 heavy (non-hydrogen) atoms. The number of benzene rings is 1. The minimum atomic E-state index is -0.751. The van der Waals surface area contributed by atoms with E-state index in [1.54, 1.807) is 7.05 Å². The van der Waals surface area contributed by atoms with Crippen LogP contribution in [0, 0.1) is 11.3 Å². The summed E-state index contributed by atoms with van der Waals surface area (Å²) in [7, 11) is 1.70. The van der Waals surface area contributed by atoms with E-state index in [2.05, 4.69) is 31.7 Å². The number of aromatic nitrogens is 3. The third kappa shape index (κ3) is 2.60. The summed E-state index contributed by atoms with van der Waals surface area (Å²) in [5, 5.41) is 15.6. The fourth-order valence-electron chi connectivity index (χ4n) is 2.54. The molecular formula is C14H13ClN6. The molecule has 2 aromatic rings. The molecule has 0 unspecified atom stereocenters. The molecule has 0 bridgehead atoms. The number of halogens is 1. The Morgan fingerprint density at radius 2 is 1.76 bits per heavy atom. The van der Waals surface area contributed by atoms with Crippen LogP contribution in [0.4, 0.5) is 11.9 Å². The van der Waals surface area contributed by atoms with Gasteiger partial charge >= 0.3 is 0 Å². The molecule has 1 aromatic carbocycles. The molecule has 6 nitrogen and oxygen atoms in total. The average Bonchev–Trinajstić information content (AvgIpc) is 2.85. The number of rotatable bonds is 3. The molecule has 2 N–H and O–H groups in total. The fraction of sp³-hybridized carbons (Fsp3) is 0.286. The maximum Gasteiger partial charge on any atom is 0.230 e. The van der Waals surface area contributed by atoms with Gasteiger partial charge in [0.2, 0.25) is 17.2 Å². The molecule has 1 aliphatic rings. The third-order valence-electron chi connectivity index (χ3n) is 3.50. The monoisotopic (exact) mass is 300 g/mol. The molecular weight excluding hydrogens is 288 g/mol. The smallest absolute Gasteiger partial charge is 0.230 e. The van der Waals surface area contributed by atoms with E-state index in [4.69, 9.17) is 11.6 Å². The molecule has 1 aromatic heterocycles. The van der Waals surface area contributed by atoms with Gasteiger partial charge in [-0.2, -0.15) is 20.2 Å². The summed E-state index contributed by atoms with van der Waals surface area (Å²) in [5.41, 5.74) is 1.58. The van der Waals surface area contributed by atoms with Crippen molar-refractivity contribution in [2.75, 3.05) is 17.7 Å². The lowest BCUT2D eigenvalue weighted by atomic mass is 9.98. The van der Waals surface area contributed by atoms with Crippen molar-refractivity contribution in [1.82, 2.24) is 15.0 Å². The van der Waals surface area contributed by atoms with Crippen LogP contribution in [0.3, 0.4) is 0 Å². The summed E-state index contributed by atoms with van der Waals surface area (Å²) in [6.07, 6.45) is 1.22. The quantitative estimate of drug-likeness (QED) is 0.902. The first-order valence-electron chi connectivity index (χ1n) is 6.50. The van der Waals surface area contributed by atoms with Gasteiger partial charge in [0.15, 0.2) is 0 Å². The van der Waals surface area contributed by atoms with Crippen molar-refractivity contribution in [3.05, 3.63) is 40.7 Å². The number of nitrogens with one attached hydrogen (secondary N) is 2. The molecule has 0 saturated carbocycles. The van der Waals surface area contributed by atoms with E-state index >= 15 is 0 Å². The van der Waals surface area contributed by atoms with E-state index in [0.717, 1.165) is 0 Å². The Bertz CT molecular complexity index is 699. The summed E-state index contributed by atoms with van der Waals surface area (Å²) in [6, 6.07) is 10.4. The number of hydrogen-bond acceptors (Lipinski definition) is 6. The lowest BCUT2D eigenvalue weighted by Gasteiger charge is -2.22. The van der Waals surface area contributed by atoms with Crippen molar-refractivity contribution in [1.29, 1.82) is 5.26 Å². The summed E-state index contributed by atoms with van der Waals surface area (Å²) in [4.78, 5) is 12.2. The number of fused-ring (bicyclic) bond motifs is 1. The zero-order chi connectivity index (χ0) is 14.9.